The first-order valence-electron chi connectivity index (χ1n) is 11.5. The average Bonchev–Trinajstić information content (AvgIpc) is 3.19. The van der Waals surface area contributed by atoms with E-state index in [4.69, 9.17) is 4.74 Å². The van der Waals surface area contributed by atoms with E-state index in [9.17, 15) is 14.0 Å². The van der Waals surface area contributed by atoms with Crippen LogP contribution in [-0.2, 0) is 4.79 Å². The summed E-state index contributed by atoms with van der Waals surface area (Å²) in [4.78, 5) is 33.6. The number of nitrogens with zero attached hydrogens (tertiary/aromatic N) is 4. The predicted octanol–water partition coefficient (Wildman–Crippen LogP) is 3.56. The van der Waals surface area contributed by atoms with Crippen LogP contribution in [0.2, 0.25) is 0 Å². The number of hydrogen-bond donors (Lipinski definition) is 1. The third kappa shape index (κ3) is 6.78. The Labute approximate surface area is 198 Å². The molecule has 2 amide bonds. The Kier molecular flexibility index (Phi) is 9.28. The van der Waals surface area contributed by atoms with Gasteiger partial charge < -0.3 is 14.5 Å². The van der Waals surface area contributed by atoms with E-state index in [0.717, 1.165) is 45.6 Å². The van der Waals surface area contributed by atoms with E-state index in [0.29, 0.717) is 28.7 Å². The number of nitrogens with one attached hydrogen (secondary N) is 1. The third-order valence-corrected chi connectivity index (χ3v) is 6.64. The van der Waals surface area contributed by atoms with Crippen molar-refractivity contribution < 1.29 is 18.7 Å². The van der Waals surface area contributed by atoms with Crippen LogP contribution in [-0.4, -0.2) is 77.8 Å². The van der Waals surface area contributed by atoms with Crippen molar-refractivity contribution in [2.24, 2.45) is 4.99 Å². The van der Waals surface area contributed by atoms with Crippen molar-refractivity contribution >= 4 is 35.0 Å². The molecule has 0 aliphatic carbocycles. The smallest absolute Gasteiger partial charge is 0.409 e. The predicted molar refractivity (Wildman–Crippen MR) is 129 cm³/mol. The highest BCUT2D eigenvalue weighted by Crippen LogP contribution is 2.33. The Morgan fingerprint density at radius 2 is 2.03 bits per heavy atom. The lowest BCUT2D eigenvalue weighted by Crippen LogP contribution is -2.45. The second-order valence-corrected chi connectivity index (χ2v) is 8.74. The number of thioether (sulfide) groups is 1. The molecule has 3 rings (SSSR count). The number of rotatable bonds is 8. The molecule has 2 aliphatic rings. The highest BCUT2D eigenvalue weighted by atomic mass is 32.2. The molecule has 1 aromatic carbocycles. The van der Waals surface area contributed by atoms with E-state index in [2.05, 4.69) is 29.2 Å². The first kappa shape index (κ1) is 25.2. The van der Waals surface area contributed by atoms with Gasteiger partial charge in [-0.15, -0.1) is 0 Å². The molecule has 0 saturated carbocycles. The molecule has 0 aromatic heterocycles. The molecule has 10 heteroatoms. The SMILES string of the molecule is CCN(CC)CCN(CC)C(=O)Oc1cc(F)ccc1/C=C1/SC(N2CCCCN2)=NC1=O. The van der Waals surface area contributed by atoms with Crippen LogP contribution < -0.4 is 10.2 Å². The van der Waals surface area contributed by atoms with Crippen LogP contribution >= 0.6 is 11.8 Å². The third-order valence-electron chi connectivity index (χ3n) is 5.63. The number of carbonyl (C=O) groups excluding carboxylic acids is 2. The first-order chi connectivity index (χ1) is 15.9. The van der Waals surface area contributed by atoms with E-state index in [1.807, 2.05) is 11.9 Å². The van der Waals surface area contributed by atoms with Gasteiger partial charge in [-0.2, -0.15) is 4.99 Å². The Morgan fingerprint density at radius 3 is 2.70 bits per heavy atom. The quantitative estimate of drug-likeness (QED) is 0.574. The van der Waals surface area contributed by atoms with Crippen molar-refractivity contribution in [3.63, 3.8) is 0 Å². The summed E-state index contributed by atoms with van der Waals surface area (Å²) in [7, 11) is 0. The van der Waals surface area contributed by atoms with Gasteiger partial charge in [0.05, 0.1) is 4.91 Å². The molecule has 0 bridgehead atoms. The Bertz CT molecular complexity index is 913. The molecule has 2 heterocycles. The van der Waals surface area contributed by atoms with E-state index in [-0.39, 0.29) is 11.7 Å². The van der Waals surface area contributed by atoms with Crippen LogP contribution in [0.1, 0.15) is 39.2 Å². The van der Waals surface area contributed by atoms with Gasteiger partial charge in [0.1, 0.15) is 11.6 Å². The van der Waals surface area contributed by atoms with Crippen LogP contribution in [0.4, 0.5) is 9.18 Å². The fourth-order valence-electron chi connectivity index (χ4n) is 3.56. The summed E-state index contributed by atoms with van der Waals surface area (Å²) in [6, 6.07) is 3.95. The number of hydrogen-bond acceptors (Lipinski definition) is 7. The van der Waals surface area contributed by atoms with Gasteiger partial charge in [0.2, 0.25) is 0 Å². The second-order valence-electron chi connectivity index (χ2n) is 7.73. The van der Waals surface area contributed by atoms with E-state index >= 15 is 0 Å². The maximum absolute atomic E-state index is 14.0. The van der Waals surface area contributed by atoms with Crippen molar-refractivity contribution in [2.75, 3.05) is 45.8 Å². The minimum Gasteiger partial charge on any atom is -0.409 e. The zero-order valence-corrected chi connectivity index (χ0v) is 20.3. The molecule has 1 saturated heterocycles. The number of amides is 2. The average molecular weight is 478 g/mol. The fraction of sp³-hybridized carbons (Fsp3) is 0.522. The number of likely N-dealkylation sites (N-methyl/N-ethyl adjacent to an activating group) is 2. The highest BCUT2D eigenvalue weighted by molar-refractivity contribution is 8.18. The normalized spacial score (nSPS) is 17.6. The minimum absolute atomic E-state index is 0.0757. The van der Waals surface area contributed by atoms with Crippen LogP contribution in [0, 0.1) is 5.82 Å². The summed E-state index contributed by atoms with van der Waals surface area (Å²) in [5.74, 6) is -0.809. The summed E-state index contributed by atoms with van der Waals surface area (Å²) >= 11 is 1.25. The molecule has 2 aliphatic heterocycles. The van der Waals surface area contributed by atoms with Gasteiger partial charge in [0.15, 0.2) is 5.17 Å². The molecular formula is C23H32FN5O3S. The maximum Gasteiger partial charge on any atom is 0.415 e. The summed E-state index contributed by atoms with van der Waals surface area (Å²) in [5.41, 5.74) is 3.68. The standard InChI is InChI=1S/C23H32FN5O3S/c1-4-27(5-2)13-14-28(6-3)23(31)32-19-16-18(24)10-9-17(19)15-20-21(30)26-22(33-20)29-12-8-7-11-25-29/h9-10,15-16,25H,4-8,11-14H2,1-3H3/b20-15+. The van der Waals surface area contributed by atoms with Crippen molar-refractivity contribution in [2.45, 2.75) is 33.6 Å². The van der Waals surface area contributed by atoms with Gasteiger partial charge in [-0.25, -0.2) is 14.6 Å². The molecule has 1 fully saturated rings. The summed E-state index contributed by atoms with van der Waals surface area (Å²) in [5, 5.41) is 2.48. The van der Waals surface area contributed by atoms with Gasteiger partial charge in [-0.1, -0.05) is 13.8 Å². The van der Waals surface area contributed by atoms with E-state index in [1.54, 1.807) is 11.0 Å². The van der Waals surface area contributed by atoms with Gasteiger partial charge >= 0.3 is 6.09 Å². The molecule has 1 aromatic rings. The number of ether oxygens (including phenoxy) is 1. The van der Waals surface area contributed by atoms with Crippen molar-refractivity contribution in [3.05, 3.63) is 34.5 Å². The largest absolute Gasteiger partial charge is 0.415 e. The zero-order chi connectivity index (χ0) is 23.8. The number of amidine groups is 1. The van der Waals surface area contributed by atoms with Crippen molar-refractivity contribution in [1.29, 1.82) is 0 Å². The number of hydrazine groups is 1. The molecule has 8 nitrogen and oxygen atoms in total. The molecule has 1 N–H and O–H groups in total. The molecule has 0 spiro atoms. The number of aliphatic imine (C=N–C) groups is 1. The lowest BCUT2D eigenvalue weighted by atomic mass is 10.2. The second kappa shape index (κ2) is 12.2. The fourth-order valence-corrected chi connectivity index (χ4v) is 4.47. The lowest BCUT2D eigenvalue weighted by Gasteiger charge is -2.28. The monoisotopic (exact) mass is 477 g/mol. The van der Waals surface area contributed by atoms with Gasteiger partial charge in [0, 0.05) is 44.4 Å². The van der Waals surface area contributed by atoms with E-state index < -0.39 is 11.9 Å². The Morgan fingerprint density at radius 1 is 1.24 bits per heavy atom. The topological polar surface area (TPSA) is 77.5 Å². The number of benzene rings is 1. The molecule has 33 heavy (non-hydrogen) atoms. The summed E-state index contributed by atoms with van der Waals surface area (Å²) in [6.07, 6.45) is 3.16. The summed E-state index contributed by atoms with van der Waals surface area (Å²) < 4.78 is 19.6. The van der Waals surface area contributed by atoms with Crippen LogP contribution in [0.5, 0.6) is 5.75 Å². The number of halogens is 1. The van der Waals surface area contributed by atoms with Crippen molar-refractivity contribution in [3.8, 4) is 5.75 Å². The van der Waals surface area contributed by atoms with Crippen LogP contribution in [0.15, 0.2) is 28.1 Å². The molecule has 180 valence electrons. The molecular weight excluding hydrogens is 445 g/mol. The minimum atomic E-state index is -0.547. The Balaban J connectivity index is 1.72. The van der Waals surface area contributed by atoms with Crippen molar-refractivity contribution in [1.82, 2.24) is 20.2 Å². The lowest BCUT2D eigenvalue weighted by molar-refractivity contribution is -0.113. The molecule has 0 unspecified atom stereocenters. The van der Waals surface area contributed by atoms with Gasteiger partial charge in [-0.05, 0) is 62.8 Å². The van der Waals surface area contributed by atoms with Crippen LogP contribution in [0.3, 0.4) is 0 Å². The van der Waals surface area contributed by atoms with Crippen LogP contribution in [0.25, 0.3) is 6.08 Å². The van der Waals surface area contributed by atoms with E-state index in [1.165, 1.54) is 30.0 Å². The molecule has 0 radical (unpaired) electrons. The zero-order valence-electron chi connectivity index (χ0n) is 19.5. The number of carbonyl (C=O) groups is 2. The molecule has 0 atom stereocenters. The van der Waals surface area contributed by atoms with Gasteiger partial charge in [-0.3, -0.25) is 9.80 Å². The maximum atomic E-state index is 14.0. The highest BCUT2D eigenvalue weighted by Gasteiger charge is 2.27. The van der Waals surface area contributed by atoms with Gasteiger partial charge in [0.25, 0.3) is 5.91 Å². The summed E-state index contributed by atoms with van der Waals surface area (Å²) in [6.45, 7) is 11.1. The first-order valence-corrected chi connectivity index (χ1v) is 12.3. The Hall–Kier alpha value is -2.43.